The molecule has 1 aromatic heterocycles. The molecule has 19 heavy (non-hydrogen) atoms. The van der Waals surface area contributed by atoms with Crippen molar-refractivity contribution in [1.29, 1.82) is 0 Å². The zero-order valence-corrected chi connectivity index (χ0v) is 10.6. The van der Waals surface area contributed by atoms with Crippen LogP contribution < -0.4 is 5.32 Å². The largest absolute Gasteiger partial charge is 0.481 e. The Balaban J connectivity index is 1.97. The van der Waals surface area contributed by atoms with Gasteiger partial charge in [0.1, 0.15) is 5.41 Å². The van der Waals surface area contributed by atoms with E-state index in [1.54, 1.807) is 31.3 Å². The van der Waals surface area contributed by atoms with Crippen LogP contribution >= 0.6 is 0 Å². The average Bonchev–Trinajstić information content (AvgIpc) is 2.73. The molecule has 1 amide bonds. The number of aliphatic carboxylic acids is 1. The summed E-state index contributed by atoms with van der Waals surface area (Å²) in [5, 5.41) is 11.9. The van der Waals surface area contributed by atoms with Gasteiger partial charge in [-0.15, -0.1) is 0 Å². The first-order valence-corrected chi connectivity index (χ1v) is 6.03. The molecule has 1 aliphatic heterocycles. The second-order valence-corrected chi connectivity index (χ2v) is 4.86. The SMILES string of the molecule is CC1(C(=O)O)COCC1NC(=O)Cc1ccccn1. The number of amides is 1. The van der Waals surface area contributed by atoms with Gasteiger partial charge in [0.15, 0.2) is 0 Å². The van der Waals surface area contributed by atoms with Crippen molar-refractivity contribution >= 4 is 11.9 Å². The standard InChI is InChI=1S/C13H16N2O4/c1-13(12(17)18)8-19-7-10(13)15-11(16)6-9-4-2-3-5-14-9/h2-5,10H,6-8H2,1H3,(H,15,16)(H,17,18). The fourth-order valence-corrected chi connectivity index (χ4v) is 2.00. The molecule has 0 aliphatic carbocycles. The molecule has 102 valence electrons. The molecule has 0 bridgehead atoms. The van der Waals surface area contributed by atoms with E-state index < -0.39 is 17.4 Å². The molecule has 2 heterocycles. The molecule has 0 aromatic carbocycles. The summed E-state index contributed by atoms with van der Waals surface area (Å²) in [6.45, 7) is 1.90. The maximum absolute atomic E-state index is 11.9. The Morgan fingerprint density at radius 1 is 1.58 bits per heavy atom. The molecule has 1 fully saturated rings. The summed E-state index contributed by atoms with van der Waals surface area (Å²) < 4.78 is 5.17. The highest BCUT2D eigenvalue weighted by atomic mass is 16.5. The van der Waals surface area contributed by atoms with Gasteiger partial charge >= 0.3 is 5.97 Å². The van der Waals surface area contributed by atoms with Gasteiger partial charge in [-0.25, -0.2) is 0 Å². The van der Waals surface area contributed by atoms with Crippen LogP contribution in [0.2, 0.25) is 0 Å². The predicted molar refractivity (Wildman–Crippen MR) is 66.4 cm³/mol. The summed E-state index contributed by atoms with van der Waals surface area (Å²) in [5.74, 6) is -1.21. The third-order valence-electron chi connectivity index (χ3n) is 3.35. The lowest BCUT2D eigenvalue weighted by atomic mass is 9.85. The predicted octanol–water partition coefficient (Wildman–Crippen LogP) is 0.230. The number of carbonyl (C=O) groups is 2. The number of nitrogens with one attached hydrogen (secondary N) is 1. The zero-order chi connectivity index (χ0) is 13.9. The Bertz CT molecular complexity index is 477. The molecule has 2 atom stereocenters. The van der Waals surface area contributed by atoms with Crippen molar-refractivity contribution in [3.8, 4) is 0 Å². The van der Waals surface area contributed by atoms with Gasteiger partial charge in [-0.05, 0) is 19.1 Å². The molecule has 2 N–H and O–H groups in total. The van der Waals surface area contributed by atoms with Crippen molar-refractivity contribution in [3.05, 3.63) is 30.1 Å². The fraction of sp³-hybridized carbons (Fsp3) is 0.462. The normalized spacial score (nSPS) is 26.1. The van der Waals surface area contributed by atoms with Crippen LogP contribution in [0.5, 0.6) is 0 Å². The third-order valence-corrected chi connectivity index (χ3v) is 3.35. The minimum atomic E-state index is -1.07. The number of hydrogen-bond donors (Lipinski definition) is 2. The molecule has 1 aromatic rings. The van der Waals surface area contributed by atoms with Crippen LogP contribution in [0, 0.1) is 5.41 Å². The second kappa shape index (κ2) is 5.36. The highest BCUT2D eigenvalue weighted by Gasteiger charge is 2.47. The van der Waals surface area contributed by atoms with Gasteiger partial charge in [-0.2, -0.15) is 0 Å². The monoisotopic (exact) mass is 264 g/mol. The Morgan fingerprint density at radius 3 is 3.00 bits per heavy atom. The maximum atomic E-state index is 11.9. The third kappa shape index (κ3) is 2.90. The Morgan fingerprint density at radius 2 is 2.37 bits per heavy atom. The lowest BCUT2D eigenvalue weighted by Crippen LogP contribution is -2.50. The number of hydrogen-bond acceptors (Lipinski definition) is 4. The Labute approximate surface area is 110 Å². The first-order chi connectivity index (χ1) is 9.02. The highest BCUT2D eigenvalue weighted by molar-refractivity contribution is 5.81. The molecule has 2 rings (SSSR count). The minimum Gasteiger partial charge on any atom is -0.481 e. The lowest BCUT2D eigenvalue weighted by Gasteiger charge is -2.25. The summed E-state index contributed by atoms with van der Waals surface area (Å²) in [6.07, 6.45) is 1.75. The van der Waals surface area contributed by atoms with Crippen LogP contribution in [-0.4, -0.2) is 41.2 Å². The fourth-order valence-electron chi connectivity index (χ4n) is 2.00. The number of rotatable bonds is 4. The van der Waals surface area contributed by atoms with Crippen LogP contribution in [-0.2, 0) is 20.7 Å². The minimum absolute atomic E-state index is 0.108. The van der Waals surface area contributed by atoms with Crippen LogP contribution in [0.3, 0.4) is 0 Å². The highest BCUT2D eigenvalue weighted by Crippen LogP contribution is 2.28. The summed E-state index contributed by atoms with van der Waals surface area (Å²) in [7, 11) is 0. The van der Waals surface area contributed by atoms with E-state index in [-0.39, 0.29) is 25.5 Å². The van der Waals surface area contributed by atoms with Crippen molar-refractivity contribution < 1.29 is 19.4 Å². The lowest BCUT2D eigenvalue weighted by molar-refractivity contribution is -0.149. The summed E-state index contributed by atoms with van der Waals surface area (Å²) in [6, 6.07) is 4.81. The van der Waals surface area contributed by atoms with E-state index in [0.29, 0.717) is 5.69 Å². The molecule has 6 heteroatoms. The summed E-state index contributed by atoms with van der Waals surface area (Å²) in [5.41, 5.74) is -0.421. The topological polar surface area (TPSA) is 88.5 Å². The number of ether oxygens (including phenoxy) is 1. The first-order valence-electron chi connectivity index (χ1n) is 6.03. The van der Waals surface area contributed by atoms with Crippen molar-refractivity contribution in [2.45, 2.75) is 19.4 Å². The molecule has 0 saturated carbocycles. The maximum Gasteiger partial charge on any atom is 0.313 e. The van der Waals surface area contributed by atoms with Crippen LogP contribution in [0.25, 0.3) is 0 Å². The van der Waals surface area contributed by atoms with Gasteiger partial charge < -0.3 is 15.2 Å². The number of nitrogens with zero attached hydrogens (tertiary/aromatic N) is 1. The van der Waals surface area contributed by atoms with Gasteiger partial charge in [-0.3, -0.25) is 14.6 Å². The molecule has 0 radical (unpaired) electrons. The smallest absolute Gasteiger partial charge is 0.313 e. The molecule has 0 spiro atoms. The van der Waals surface area contributed by atoms with E-state index in [1.165, 1.54) is 0 Å². The Kier molecular flexibility index (Phi) is 3.80. The van der Waals surface area contributed by atoms with Crippen LogP contribution in [0.4, 0.5) is 0 Å². The van der Waals surface area contributed by atoms with Gasteiger partial charge in [0.2, 0.25) is 5.91 Å². The van der Waals surface area contributed by atoms with E-state index in [9.17, 15) is 14.7 Å². The molecule has 2 unspecified atom stereocenters. The molecule has 6 nitrogen and oxygen atoms in total. The summed E-state index contributed by atoms with van der Waals surface area (Å²) in [4.78, 5) is 27.2. The molecule has 1 saturated heterocycles. The van der Waals surface area contributed by atoms with E-state index >= 15 is 0 Å². The molecular weight excluding hydrogens is 248 g/mol. The van der Waals surface area contributed by atoms with Crippen molar-refractivity contribution in [3.63, 3.8) is 0 Å². The van der Waals surface area contributed by atoms with Crippen LogP contribution in [0.1, 0.15) is 12.6 Å². The molecule has 1 aliphatic rings. The number of pyridine rings is 1. The average molecular weight is 264 g/mol. The number of carboxylic acids is 1. The van der Waals surface area contributed by atoms with Gasteiger partial charge in [0, 0.05) is 11.9 Å². The van der Waals surface area contributed by atoms with Gasteiger partial charge in [-0.1, -0.05) is 6.07 Å². The van der Waals surface area contributed by atoms with Crippen LogP contribution in [0.15, 0.2) is 24.4 Å². The van der Waals surface area contributed by atoms with E-state index in [1.807, 2.05) is 0 Å². The Hall–Kier alpha value is -1.95. The number of aromatic nitrogens is 1. The van der Waals surface area contributed by atoms with Crippen molar-refractivity contribution in [2.24, 2.45) is 5.41 Å². The first kappa shape index (κ1) is 13.5. The van der Waals surface area contributed by atoms with E-state index in [0.717, 1.165) is 0 Å². The number of carbonyl (C=O) groups excluding carboxylic acids is 1. The van der Waals surface area contributed by atoms with Gasteiger partial charge in [0.05, 0.1) is 25.7 Å². The number of carboxylic acid groups (broad SMARTS) is 1. The van der Waals surface area contributed by atoms with E-state index in [2.05, 4.69) is 10.3 Å². The van der Waals surface area contributed by atoms with Crippen molar-refractivity contribution in [1.82, 2.24) is 10.3 Å². The second-order valence-electron chi connectivity index (χ2n) is 4.86. The quantitative estimate of drug-likeness (QED) is 0.812. The summed E-state index contributed by atoms with van der Waals surface area (Å²) >= 11 is 0. The van der Waals surface area contributed by atoms with E-state index in [4.69, 9.17) is 4.74 Å². The molecular formula is C13H16N2O4. The van der Waals surface area contributed by atoms with Gasteiger partial charge in [0.25, 0.3) is 0 Å². The zero-order valence-electron chi connectivity index (χ0n) is 10.6. The van der Waals surface area contributed by atoms with Crippen molar-refractivity contribution in [2.75, 3.05) is 13.2 Å².